The highest BCUT2D eigenvalue weighted by molar-refractivity contribution is 5.87. The van der Waals surface area contributed by atoms with Crippen molar-refractivity contribution in [1.82, 2.24) is 5.32 Å². The zero-order valence-electron chi connectivity index (χ0n) is 10.3. The molecule has 1 rings (SSSR count). The Morgan fingerprint density at radius 3 is 2.63 bits per heavy atom. The zero-order chi connectivity index (χ0) is 14.3. The van der Waals surface area contributed by atoms with E-state index in [4.69, 9.17) is 5.11 Å². The molecule has 0 saturated carbocycles. The first-order chi connectivity index (χ1) is 8.88. The number of alkyl halides is 3. The summed E-state index contributed by atoms with van der Waals surface area (Å²) in [6.45, 7) is 0.931. The van der Waals surface area contributed by atoms with Gasteiger partial charge >= 0.3 is 12.1 Å². The second-order valence-corrected chi connectivity index (χ2v) is 4.25. The van der Waals surface area contributed by atoms with Crippen LogP contribution in [0.1, 0.15) is 35.2 Å². The van der Waals surface area contributed by atoms with Crippen LogP contribution in [0.4, 0.5) is 13.2 Å². The van der Waals surface area contributed by atoms with Crippen molar-refractivity contribution in [3.8, 4) is 0 Å². The summed E-state index contributed by atoms with van der Waals surface area (Å²) in [7, 11) is 0. The molecule has 0 atom stereocenters. The Bertz CT molecular complexity index is 419. The van der Waals surface area contributed by atoms with Crippen LogP contribution < -0.4 is 5.32 Å². The van der Waals surface area contributed by atoms with Crippen LogP contribution in [-0.4, -0.2) is 23.8 Å². The third-order valence-corrected chi connectivity index (χ3v) is 2.57. The van der Waals surface area contributed by atoms with Crippen molar-refractivity contribution < 1.29 is 23.1 Å². The molecule has 0 bridgehead atoms. The van der Waals surface area contributed by atoms with Crippen molar-refractivity contribution in [1.29, 1.82) is 0 Å². The summed E-state index contributed by atoms with van der Waals surface area (Å²) < 4.78 is 35.6. The fraction of sp³-hybridized carbons (Fsp3) is 0.462. The van der Waals surface area contributed by atoms with Gasteiger partial charge in [-0.05, 0) is 37.1 Å². The number of carboxylic acid groups (broad SMARTS) is 1. The summed E-state index contributed by atoms with van der Waals surface area (Å²) in [4.78, 5) is 10.7. The van der Waals surface area contributed by atoms with Crippen molar-refractivity contribution in [2.75, 3.05) is 6.54 Å². The van der Waals surface area contributed by atoms with Gasteiger partial charge in [0.15, 0.2) is 0 Å². The standard InChI is InChI=1S/C13H16F3NO2/c14-13(15,16)6-1-2-7-17-9-10-4-3-5-11(8-10)12(18)19/h3-5,8,17H,1-2,6-7,9H2,(H,18,19). The van der Waals surface area contributed by atoms with E-state index in [0.29, 0.717) is 19.5 Å². The lowest BCUT2D eigenvalue weighted by Crippen LogP contribution is -2.16. The monoisotopic (exact) mass is 275 g/mol. The van der Waals surface area contributed by atoms with Crippen LogP contribution in [0.2, 0.25) is 0 Å². The van der Waals surface area contributed by atoms with E-state index >= 15 is 0 Å². The van der Waals surface area contributed by atoms with Crippen LogP contribution in [0.15, 0.2) is 24.3 Å². The molecule has 0 aliphatic heterocycles. The molecule has 0 heterocycles. The highest BCUT2D eigenvalue weighted by Gasteiger charge is 2.25. The van der Waals surface area contributed by atoms with Crippen molar-refractivity contribution in [2.45, 2.75) is 32.0 Å². The van der Waals surface area contributed by atoms with Crippen LogP contribution in [-0.2, 0) is 6.54 Å². The number of aromatic carboxylic acids is 1. The summed E-state index contributed by atoms with van der Waals surface area (Å²) in [6, 6.07) is 6.46. The van der Waals surface area contributed by atoms with E-state index in [9.17, 15) is 18.0 Å². The number of rotatable bonds is 7. The highest BCUT2D eigenvalue weighted by atomic mass is 19.4. The van der Waals surface area contributed by atoms with E-state index in [1.165, 1.54) is 6.07 Å². The molecule has 0 radical (unpaired) electrons. The van der Waals surface area contributed by atoms with Crippen molar-refractivity contribution in [3.63, 3.8) is 0 Å². The Morgan fingerprint density at radius 1 is 1.26 bits per heavy atom. The number of nitrogens with one attached hydrogen (secondary N) is 1. The molecule has 0 saturated heterocycles. The minimum atomic E-state index is -4.09. The quantitative estimate of drug-likeness (QED) is 0.751. The van der Waals surface area contributed by atoms with Crippen LogP contribution in [0.5, 0.6) is 0 Å². The SMILES string of the molecule is O=C(O)c1cccc(CNCCCCC(F)(F)F)c1. The number of halogens is 3. The summed E-state index contributed by atoms with van der Waals surface area (Å²) in [5, 5.41) is 11.8. The molecule has 6 heteroatoms. The van der Waals surface area contributed by atoms with E-state index in [2.05, 4.69) is 5.32 Å². The third kappa shape index (κ3) is 6.81. The summed E-state index contributed by atoms with van der Waals surface area (Å²) in [6.07, 6.45) is -4.30. The van der Waals surface area contributed by atoms with E-state index in [0.717, 1.165) is 5.56 Å². The van der Waals surface area contributed by atoms with Gasteiger partial charge in [0.05, 0.1) is 5.56 Å². The van der Waals surface area contributed by atoms with Gasteiger partial charge in [0, 0.05) is 13.0 Å². The maximum atomic E-state index is 11.9. The van der Waals surface area contributed by atoms with Gasteiger partial charge in [-0.15, -0.1) is 0 Å². The normalized spacial score (nSPS) is 11.5. The van der Waals surface area contributed by atoms with Crippen LogP contribution in [0.3, 0.4) is 0 Å². The summed E-state index contributed by atoms with van der Waals surface area (Å²) >= 11 is 0. The molecule has 0 spiro atoms. The molecule has 2 N–H and O–H groups in total. The molecule has 0 aromatic heterocycles. The van der Waals surface area contributed by atoms with Crippen molar-refractivity contribution in [2.24, 2.45) is 0 Å². The Kier molecular flexibility index (Phi) is 5.82. The Labute approximate surface area is 109 Å². The summed E-state index contributed by atoms with van der Waals surface area (Å²) in [5.74, 6) is -0.993. The van der Waals surface area contributed by atoms with Gasteiger partial charge in [0.1, 0.15) is 0 Å². The molecular formula is C13H16F3NO2. The number of hydrogen-bond donors (Lipinski definition) is 2. The van der Waals surface area contributed by atoms with Gasteiger partial charge in [-0.25, -0.2) is 4.79 Å². The summed E-state index contributed by atoms with van der Waals surface area (Å²) in [5.41, 5.74) is 1.01. The lowest BCUT2D eigenvalue weighted by molar-refractivity contribution is -0.135. The van der Waals surface area contributed by atoms with Crippen LogP contribution in [0, 0.1) is 0 Å². The van der Waals surface area contributed by atoms with Gasteiger partial charge in [-0.2, -0.15) is 13.2 Å². The van der Waals surface area contributed by atoms with Crippen LogP contribution in [0.25, 0.3) is 0 Å². The molecule has 0 amide bonds. The lowest BCUT2D eigenvalue weighted by Gasteiger charge is -2.07. The topological polar surface area (TPSA) is 49.3 Å². The van der Waals surface area contributed by atoms with Gasteiger partial charge < -0.3 is 10.4 Å². The molecule has 0 unspecified atom stereocenters. The molecule has 1 aromatic carbocycles. The van der Waals surface area contributed by atoms with Crippen molar-refractivity contribution in [3.05, 3.63) is 35.4 Å². The van der Waals surface area contributed by atoms with Gasteiger partial charge in [0.2, 0.25) is 0 Å². The second-order valence-electron chi connectivity index (χ2n) is 4.25. The molecule has 3 nitrogen and oxygen atoms in total. The van der Waals surface area contributed by atoms with Crippen LogP contribution >= 0.6 is 0 Å². The van der Waals surface area contributed by atoms with Gasteiger partial charge in [-0.1, -0.05) is 12.1 Å². The van der Waals surface area contributed by atoms with Crippen molar-refractivity contribution >= 4 is 5.97 Å². The zero-order valence-corrected chi connectivity index (χ0v) is 10.3. The average Bonchev–Trinajstić information content (AvgIpc) is 2.32. The average molecular weight is 275 g/mol. The molecule has 0 aliphatic rings. The van der Waals surface area contributed by atoms with E-state index < -0.39 is 18.6 Å². The first-order valence-corrected chi connectivity index (χ1v) is 5.98. The first kappa shape index (κ1) is 15.5. The number of carboxylic acids is 1. The van der Waals surface area contributed by atoms with E-state index in [1.54, 1.807) is 18.2 Å². The predicted octanol–water partition coefficient (Wildman–Crippen LogP) is 3.21. The molecule has 1 aromatic rings. The fourth-order valence-electron chi connectivity index (χ4n) is 1.62. The minimum Gasteiger partial charge on any atom is -0.478 e. The fourth-order valence-corrected chi connectivity index (χ4v) is 1.62. The third-order valence-electron chi connectivity index (χ3n) is 2.57. The molecular weight excluding hydrogens is 259 g/mol. The maximum Gasteiger partial charge on any atom is 0.389 e. The molecule has 106 valence electrons. The first-order valence-electron chi connectivity index (χ1n) is 5.98. The minimum absolute atomic E-state index is 0.103. The molecule has 0 fully saturated rings. The highest BCUT2D eigenvalue weighted by Crippen LogP contribution is 2.21. The van der Waals surface area contributed by atoms with Gasteiger partial charge in [-0.3, -0.25) is 0 Å². The number of hydrogen-bond acceptors (Lipinski definition) is 2. The maximum absolute atomic E-state index is 11.9. The smallest absolute Gasteiger partial charge is 0.389 e. The number of carbonyl (C=O) groups is 1. The molecule has 0 aliphatic carbocycles. The molecule has 19 heavy (non-hydrogen) atoms. The van der Waals surface area contributed by atoms with Gasteiger partial charge in [0.25, 0.3) is 0 Å². The Balaban J connectivity index is 2.23. The Morgan fingerprint density at radius 2 is 2.00 bits per heavy atom. The lowest BCUT2D eigenvalue weighted by atomic mass is 10.1. The van der Waals surface area contributed by atoms with E-state index in [-0.39, 0.29) is 12.0 Å². The Hall–Kier alpha value is -1.56. The predicted molar refractivity (Wildman–Crippen MR) is 65.0 cm³/mol. The van der Waals surface area contributed by atoms with E-state index in [1.807, 2.05) is 0 Å². The number of unbranched alkanes of at least 4 members (excludes halogenated alkanes) is 1. The number of benzene rings is 1. The largest absolute Gasteiger partial charge is 0.478 e. The second kappa shape index (κ2) is 7.13.